The minimum Gasteiger partial charge on any atom is -0.487 e. The lowest BCUT2D eigenvalue weighted by atomic mass is 10.1. The molecule has 2 heterocycles. The number of hydrogen-bond donors (Lipinski definition) is 2. The zero-order valence-electron chi connectivity index (χ0n) is 15.9. The number of hydrogen-bond acceptors (Lipinski definition) is 4. The van der Waals surface area contributed by atoms with Gasteiger partial charge in [-0.2, -0.15) is 0 Å². The normalized spacial score (nSPS) is 15.8. The number of para-hydroxylation sites is 2. The van der Waals surface area contributed by atoms with Gasteiger partial charge in [0, 0.05) is 17.5 Å². The fourth-order valence-electron chi connectivity index (χ4n) is 3.57. The molecule has 3 aromatic rings. The molecule has 1 unspecified atom stereocenters. The van der Waals surface area contributed by atoms with Crippen LogP contribution >= 0.6 is 24.0 Å². The van der Waals surface area contributed by atoms with Gasteiger partial charge >= 0.3 is 0 Å². The highest BCUT2D eigenvalue weighted by Gasteiger charge is 2.22. The molecular formula is C22H24Cl2N2O3. The third-order valence-corrected chi connectivity index (χ3v) is 5.43. The Bertz CT molecular complexity index is 968. The standard InChI is InChI=1S/C22H23ClN2O3.ClH/c23-18-6-2-4-8-20(18)27-14-17-16-5-1-3-7-19(16)28-21(17)22(26)25-12-10-15-9-11-24-13-15;/h1-8,15,24H,9-14H2,(H,25,26);1H. The van der Waals surface area contributed by atoms with Gasteiger partial charge in [-0.05, 0) is 50.0 Å². The summed E-state index contributed by atoms with van der Waals surface area (Å²) in [6.45, 7) is 2.92. The molecule has 1 amide bonds. The van der Waals surface area contributed by atoms with E-state index in [1.165, 1.54) is 0 Å². The molecule has 0 spiro atoms. The lowest BCUT2D eigenvalue weighted by molar-refractivity contribution is 0.0922. The number of carbonyl (C=O) groups excluding carboxylic acids is 1. The van der Waals surface area contributed by atoms with Gasteiger partial charge in [0.1, 0.15) is 17.9 Å². The fraction of sp³-hybridized carbons (Fsp3) is 0.318. The van der Waals surface area contributed by atoms with Crippen LogP contribution in [0.5, 0.6) is 5.75 Å². The molecule has 2 aromatic carbocycles. The number of benzene rings is 2. The van der Waals surface area contributed by atoms with E-state index in [0.717, 1.165) is 36.9 Å². The summed E-state index contributed by atoms with van der Waals surface area (Å²) in [4.78, 5) is 12.8. The molecule has 0 bridgehead atoms. The van der Waals surface area contributed by atoms with Crippen molar-refractivity contribution in [2.24, 2.45) is 5.92 Å². The van der Waals surface area contributed by atoms with Crippen LogP contribution in [-0.4, -0.2) is 25.5 Å². The Kier molecular flexibility index (Phi) is 7.42. The molecule has 154 valence electrons. The summed E-state index contributed by atoms with van der Waals surface area (Å²) in [7, 11) is 0. The zero-order chi connectivity index (χ0) is 19.3. The van der Waals surface area contributed by atoms with E-state index in [9.17, 15) is 4.79 Å². The molecule has 0 saturated carbocycles. The Morgan fingerprint density at radius 3 is 2.79 bits per heavy atom. The molecule has 1 fully saturated rings. The van der Waals surface area contributed by atoms with Crippen LogP contribution in [0.15, 0.2) is 52.9 Å². The lowest BCUT2D eigenvalue weighted by Gasteiger charge is -2.10. The molecule has 29 heavy (non-hydrogen) atoms. The molecule has 1 aromatic heterocycles. The highest BCUT2D eigenvalue weighted by atomic mass is 35.5. The minimum atomic E-state index is -0.208. The third kappa shape index (κ3) is 5.04. The second kappa shape index (κ2) is 10.0. The third-order valence-electron chi connectivity index (χ3n) is 5.11. The highest BCUT2D eigenvalue weighted by molar-refractivity contribution is 6.32. The summed E-state index contributed by atoms with van der Waals surface area (Å²) in [5.41, 5.74) is 1.40. The van der Waals surface area contributed by atoms with Crippen LogP contribution in [0.25, 0.3) is 11.0 Å². The average molecular weight is 435 g/mol. The molecule has 1 saturated heterocycles. The van der Waals surface area contributed by atoms with Gasteiger partial charge in [-0.3, -0.25) is 4.79 Å². The van der Waals surface area contributed by atoms with Crippen molar-refractivity contribution in [2.45, 2.75) is 19.4 Å². The Hall–Kier alpha value is -2.21. The Labute approximate surface area is 181 Å². The molecule has 0 radical (unpaired) electrons. The molecule has 4 rings (SSSR count). The van der Waals surface area contributed by atoms with Gasteiger partial charge < -0.3 is 19.8 Å². The smallest absolute Gasteiger partial charge is 0.287 e. The van der Waals surface area contributed by atoms with Crippen molar-refractivity contribution in [1.82, 2.24) is 10.6 Å². The van der Waals surface area contributed by atoms with Gasteiger partial charge in [-0.25, -0.2) is 0 Å². The summed E-state index contributed by atoms with van der Waals surface area (Å²) < 4.78 is 11.8. The number of fused-ring (bicyclic) bond motifs is 1. The van der Waals surface area contributed by atoms with Crippen molar-refractivity contribution >= 4 is 40.9 Å². The summed E-state index contributed by atoms with van der Waals surface area (Å²) in [6.07, 6.45) is 2.13. The number of amides is 1. The minimum absolute atomic E-state index is 0. The summed E-state index contributed by atoms with van der Waals surface area (Å²) >= 11 is 6.18. The topological polar surface area (TPSA) is 63.5 Å². The van der Waals surface area contributed by atoms with E-state index in [1.54, 1.807) is 12.1 Å². The number of nitrogens with one attached hydrogen (secondary N) is 2. The summed E-state index contributed by atoms with van der Waals surface area (Å²) in [5.74, 6) is 1.30. The fourth-order valence-corrected chi connectivity index (χ4v) is 3.76. The SMILES string of the molecule is Cl.O=C(NCCC1CCNC1)c1oc2ccccc2c1COc1ccccc1Cl. The van der Waals surface area contributed by atoms with Crippen molar-refractivity contribution < 1.29 is 13.9 Å². The van der Waals surface area contributed by atoms with Crippen LogP contribution in [-0.2, 0) is 6.61 Å². The van der Waals surface area contributed by atoms with E-state index in [2.05, 4.69) is 10.6 Å². The number of carbonyl (C=O) groups is 1. The Morgan fingerprint density at radius 1 is 1.21 bits per heavy atom. The first kappa shape index (κ1) is 21.5. The molecule has 0 aliphatic carbocycles. The van der Waals surface area contributed by atoms with Crippen LogP contribution in [0.1, 0.15) is 29.0 Å². The van der Waals surface area contributed by atoms with Gasteiger partial charge in [0.15, 0.2) is 5.76 Å². The number of ether oxygens (including phenoxy) is 1. The van der Waals surface area contributed by atoms with E-state index in [-0.39, 0.29) is 24.9 Å². The van der Waals surface area contributed by atoms with Crippen LogP contribution < -0.4 is 15.4 Å². The summed E-state index contributed by atoms with van der Waals surface area (Å²) in [5, 5.41) is 7.75. The van der Waals surface area contributed by atoms with E-state index < -0.39 is 0 Å². The van der Waals surface area contributed by atoms with Gasteiger partial charge in [0.2, 0.25) is 0 Å². The van der Waals surface area contributed by atoms with Crippen molar-refractivity contribution in [3.05, 3.63) is 64.9 Å². The summed E-state index contributed by atoms with van der Waals surface area (Å²) in [6, 6.07) is 14.9. The van der Waals surface area contributed by atoms with Crippen LogP contribution in [0.4, 0.5) is 0 Å². The van der Waals surface area contributed by atoms with Crippen LogP contribution in [0.2, 0.25) is 5.02 Å². The molecule has 7 heteroatoms. The Morgan fingerprint density at radius 2 is 2.00 bits per heavy atom. The highest BCUT2D eigenvalue weighted by Crippen LogP contribution is 2.29. The van der Waals surface area contributed by atoms with Crippen LogP contribution in [0.3, 0.4) is 0 Å². The molecule has 1 atom stereocenters. The van der Waals surface area contributed by atoms with E-state index >= 15 is 0 Å². The van der Waals surface area contributed by atoms with Gasteiger partial charge in [-0.1, -0.05) is 41.9 Å². The maximum Gasteiger partial charge on any atom is 0.287 e. The number of furan rings is 1. The predicted molar refractivity (Wildman–Crippen MR) is 117 cm³/mol. The first-order chi connectivity index (χ1) is 13.7. The molecular weight excluding hydrogens is 411 g/mol. The number of halogens is 2. The van der Waals surface area contributed by atoms with Gasteiger partial charge in [-0.15, -0.1) is 12.4 Å². The van der Waals surface area contributed by atoms with Crippen LogP contribution in [0, 0.1) is 5.92 Å². The van der Waals surface area contributed by atoms with E-state index in [0.29, 0.717) is 34.6 Å². The molecule has 5 nitrogen and oxygen atoms in total. The van der Waals surface area contributed by atoms with Gasteiger partial charge in [0.25, 0.3) is 5.91 Å². The maximum atomic E-state index is 12.8. The monoisotopic (exact) mass is 434 g/mol. The van der Waals surface area contributed by atoms with E-state index in [1.807, 2.05) is 36.4 Å². The second-order valence-electron chi connectivity index (χ2n) is 7.03. The Balaban J connectivity index is 0.00000240. The maximum absolute atomic E-state index is 12.8. The first-order valence-corrected chi connectivity index (χ1v) is 9.97. The van der Waals surface area contributed by atoms with Crippen molar-refractivity contribution in [3.8, 4) is 5.75 Å². The van der Waals surface area contributed by atoms with Crippen molar-refractivity contribution in [3.63, 3.8) is 0 Å². The molecule has 2 N–H and O–H groups in total. The second-order valence-corrected chi connectivity index (χ2v) is 7.44. The van der Waals surface area contributed by atoms with Crippen molar-refractivity contribution in [1.29, 1.82) is 0 Å². The quantitative estimate of drug-likeness (QED) is 0.559. The average Bonchev–Trinajstić information content (AvgIpc) is 3.35. The largest absolute Gasteiger partial charge is 0.487 e. The first-order valence-electron chi connectivity index (χ1n) is 9.59. The lowest BCUT2D eigenvalue weighted by Crippen LogP contribution is -2.27. The molecule has 1 aliphatic rings. The van der Waals surface area contributed by atoms with E-state index in [4.69, 9.17) is 20.8 Å². The van der Waals surface area contributed by atoms with Crippen molar-refractivity contribution in [2.75, 3.05) is 19.6 Å². The zero-order valence-corrected chi connectivity index (χ0v) is 17.5. The predicted octanol–water partition coefficient (Wildman–Crippen LogP) is 4.82. The number of rotatable bonds is 7. The molecule has 1 aliphatic heterocycles. The van der Waals surface area contributed by atoms with Gasteiger partial charge in [0.05, 0.1) is 5.02 Å².